The minimum absolute atomic E-state index is 0.161. The molecule has 2 N–H and O–H groups in total. The van der Waals surface area contributed by atoms with Crippen molar-refractivity contribution >= 4 is 5.91 Å². The number of aromatic nitrogens is 1. The van der Waals surface area contributed by atoms with Gasteiger partial charge < -0.3 is 15.0 Å². The van der Waals surface area contributed by atoms with Crippen LogP contribution in [0.25, 0.3) is 0 Å². The predicted octanol–water partition coefficient (Wildman–Crippen LogP) is 1.74. The zero-order chi connectivity index (χ0) is 18.1. The standard InChI is InChI=1S/C20H23N3O3/c24-18-10-19(25)21-11-17(18)20(26)23-8-3-6-16(13-23)22-9-7-14-4-1-2-5-15(14)12-22/h1-2,4-5,10-11,16H,3,6-9,12-13H2,(H2,21,24,25). The molecule has 4 rings (SSSR count). The SMILES string of the molecule is O=C(c1c[nH]c(=O)cc1O)N1CCCC(N2CCc3ccccc3C2)C1. The Labute approximate surface area is 152 Å². The monoisotopic (exact) mass is 353 g/mol. The van der Waals surface area contributed by atoms with Gasteiger partial charge in [0.25, 0.3) is 11.5 Å². The summed E-state index contributed by atoms with van der Waals surface area (Å²) in [6.45, 7) is 3.26. The second-order valence-electron chi connectivity index (χ2n) is 7.13. The zero-order valence-electron chi connectivity index (χ0n) is 14.6. The smallest absolute Gasteiger partial charge is 0.259 e. The lowest BCUT2D eigenvalue weighted by Crippen LogP contribution is -2.51. The number of carbonyl (C=O) groups excluding carboxylic acids is 1. The highest BCUT2D eigenvalue weighted by atomic mass is 16.3. The van der Waals surface area contributed by atoms with Crippen molar-refractivity contribution in [1.82, 2.24) is 14.8 Å². The summed E-state index contributed by atoms with van der Waals surface area (Å²) in [6, 6.07) is 9.93. The van der Waals surface area contributed by atoms with E-state index in [1.165, 1.54) is 17.3 Å². The fraction of sp³-hybridized carbons (Fsp3) is 0.400. The average Bonchev–Trinajstić information content (AvgIpc) is 2.67. The molecular formula is C20H23N3O3. The van der Waals surface area contributed by atoms with Crippen molar-refractivity contribution in [3.63, 3.8) is 0 Å². The number of rotatable bonds is 2. The number of aromatic amines is 1. The molecule has 3 heterocycles. The summed E-state index contributed by atoms with van der Waals surface area (Å²) >= 11 is 0. The number of aromatic hydroxyl groups is 1. The van der Waals surface area contributed by atoms with Gasteiger partial charge in [-0.2, -0.15) is 0 Å². The quantitative estimate of drug-likeness (QED) is 0.862. The van der Waals surface area contributed by atoms with Gasteiger partial charge in [0, 0.05) is 44.5 Å². The van der Waals surface area contributed by atoms with E-state index < -0.39 is 5.56 Å². The molecule has 1 aromatic carbocycles. The van der Waals surface area contributed by atoms with Crippen LogP contribution in [-0.2, 0) is 13.0 Å². The van der Waals surface area contributed by atoms with Gasteiger partial charge in [0.15, 0.2) is 0 Å². The number of likely N-dealkylation sites (tertiary alicyclic amines) is 1. The Balaban J connectivity index is 1.48. The number of hydrogen-bond acceptors (Lipinski definition) is 4. The molecule has 1 aromatic heterocycles. The van der Waals surface area contributed by atoms with Crippen LogP contribution in [0.4, 0.5) is 0 Å². The number of carbonyl (C=O) groups is 1. The number of nitrogens with zero attached hydrogens (tertiary/aromatic N) is 2. The highest BCUT2D eigenvalue weighted by Crippen LogP contribution is 2.26. The van der Waals surface area contributed by atoms with Crippen molar-refractivity contribution in [2.24, 2.45) is 0 Å². The molecule has 2 aliphatic rings. The van der Waals surface area contributed by atoms with Gasteiger partial charge in [-0.05, 0) is 30.4 Å². The second kappa shape index (κ2) is 6.96. The molecule has 1 unspecified atom stereocenters. The molecule has 2 aromatic rings. The van der Waals surface area contributed by atoms with Gasteiger partial charge in [-0.15, -0.1) is 0 Å². The first-order chi connectivity index (χ1) is 12.6. The molecule has 136 valence electrons. The molecule has 6 heteroatoms. The molecular weight excluding hydrogens is 330 g/mol. The van der Waals surface area contributed by atoms with Crippen LogP contribution in [0, 0.1) is 0 Å². The average molecular weight is 353 g/mol. The minimum Gasteiger partial charge on any atom is -0.507 e. The van der Waals surface area contributed by atoms with Gasteiger partial charge in [0.2, 0.25) is 0 Å². The van der Waals surface area contributed by atoms with Crippen LogP contribution < -0.4 is 5.56 Å². The maximum absolute atomic E-state index is 12.8. The van der Waals surface area contributed by atoms with E-state index in [0.717, 1.165) is 38.4 Å². The van der Waals surface area contributed by atoms with Crippen LogP contribution in [0.1, 0.15) is 34.3 Å². The summed E-state index contributed by atoms with van der Waals surface area (Å²) in [5, 5.41) is 9.94. The molecule has 26 heavy (non-hydrogen) atoms. The number of H-pyrrole nitrogens is 1. The third-order valence-electron chi connectivity index (χ3n) is 5.49. The van der Waals surface area contributed by atoms with E-state index in [2.05, 4.69) is 34.1 Å². The summed E-state index contributed by atoms with van der Waals surface area (Å²) in [5.74, 6) is -0.478. The van der Waals surface area contributed by atoms with Gasteiger partial charge in [0.1, 0.15) is 5.75 Å². The normalized spacial score (nSPS) is 20.6. The van der Waals surface area contributed by atoms with Crippen LogP contribution in [0.15, 0.2) is 41.3 Å². The molecule has 0 aliphatic carbocycles. The third-order valence-corrected chi connectivity index (χ3v) is 5.49. The van der Waals surface area contributed by atoms with Crippen LogP contribution in [0.5, 0.6) is 5.75 Å². The van der Waals surface area contributed by atoms with Gasteiger partial charge in [-0.1, -0.05) is 24.3 Å². The number of fused-ring (bicyclic) bond motifs is 1. The summed E-state index contributed by atoms with van der Waals surface area (Å²) in [5.41, 5.74) is 2.54. The van der Waals surface area contributed by atoms with E-state index in [9.17, 15) is 14.7 Å². The van der Waals surface area contributed by atoms with Crippen LogP contribution >= 0.6 is 0 Å². The molecule has 0 saturated carbocycles. The number of nitrogens with one attached hydrogen (secondary N) is 1. The number of hydrogen-bond donors (Lipinski definition) is 2. The van der Waals surface area contributed by atoms with Crippen LogP contribution in [0.3, 0.4) is 0 Å². The van der Waals surface area contributed by atoms with Gasteiger partial charge in [-0.25, -0.2) is 0 Å². The molecule has 2 aliphatic heterocycles. The molecule has 0 spiro atoms. The predicted molar refractivity (Wildman–Crippen MR) is 98.2 cm³/mol. The Morgan fingerprint density at radius 3 is 2.81 bits per heavy atom. The van der Waals surface area contributed by atoms with Gasteiger partial charge >= 0.3 is 0 Å². The number of pyridine rings is 1. The van der Waals surface area contributed by atoms with Crippen molar-refractivity contribution in [1.29, 1.82) is 0 Å². The van der Waals surface area contributed by atoms with Crippen molar-refractivity contribution in [2.75, 3.05) is 19.6 Å². The maximum atomic E-state index is 12.8. The first-order valence-electron chi connectivity index (χ1n) is 9.13. The van der Waals surface area contributed by atoms with E-state index in [4.69, 9.17) is 0 Å². The summed E-state index contributed by atoms with van der Waals surface area (Å²) in [4.78, 5) is 30.8. The molecule has 1 amide bonds. The Morgan fingerprint density at radius 2 is 2.00 bits per heavy atom. The van der Waals surface area contributed by atoms with E-state index in [1.807, 2.05) is 0 Å². The second-order valence-corrected chi connectivity index (χ2v) is 7.13. The zero-order valence-corrected chi connectivity index (χ0v) is 14.6. The summed E-state index contributed by atoms with van der Waals surface area (Å²) in [6.07, 6.45) is 4.37. The highest BCUT2D eigenvalue weighted by Gasteiger charge is 2.31. The fourth-order valence-corrected chi connectivity index (χ4v) is 4.07. The molecule has 0 bridgehead atoms. The Kier molecular flexibility index (Phi) is 4.51. The maximum Gasteiger partial charge on any atom is 0.259 e. The fourth-order valence-electron chi connectivity index (χ4n) is 4.07. The van der Waals surface area contributed by atoms with Crippen LogP contribution in [0.2, 0.25) is 0 Å². The van der Waals surface area contributed by atoms with E-state index >= 15 is 0 Å². The summed E-state index contributed by atoms with van der Waals surface area (Å²) in [7, 11) is 0. The Hall–Kier alpha value is -2.60. The van der Waals surface area contributed by atoms with Crippen molar-refractivity contribution in [3.8, 4) is 5.75 Å². The topological polar surface area (TPSA) is 76.6 Å². The van der Waals surface area contributed by atoms with Crippen molar-refractivity contribution in [3.05, 3.63) is 63.6 Å². The first kappa shape index (κ1) is 16.8. The van der Waals surface area contributed by atoms with E-state index in [-0.39, 0.29) is 17.2 Å². The molecule has 6 nitrogen and oxygen atoms in total. The van der Waals surface area contributed by atoms with Crippen molar-refractivity contribution < 1.29 is 9.90 Å². The Morgan fingerprint density at radius 1 is 1.19 bits per heavy atom. The van der Waals surface area contributed by atoms with E-state index in [1.54, 1.807) is 4.90 Å². The molecule has 1 fully saturated rings. The third kappa shape index (κ3) is 3.24. The lowest BCUT2D eigenvalue weighted by Gasteiger charge is -2.41. The number of piperidine rings is 1. The Bertz CT molecular complexity index is 877. The van der Waals surface area contributed by atoms with Gasteiger partial charge in [0.05, 0.1) is 5.56 Å². The highest BCUT2D eigenvalue weighted by molar-refractivity contribution is 5.96. The molecule has 1 saturated heterocycles. The molecule has 1 atom stereocenters. The lowest BCUT2D eigenvalue weighted by atomic mass is 9.96. The number of amides is 1. The van der Waals surface area contributed by atoms with E-state index in [0.29, 0.717) is 19.1 Å². The van der Waals surface area contributed by atoms with Crippen molar-refractivity contribution in [2.45, 2.75) is 31.8 Å². The lowest BCUT2D eigenvalue weighted by molar-refractivity contribution is 0.0546. The first-order valence-corrected chi connectivity index (χ1v) is 9.13. The largest absolute Gasteiger partial charge is 0.507 e. The van der Waals surface area contributed by atoms with Crippen LogP contribution in [-0.4, -0.2) is 51.5 Å². The minimum atomic E-state index is -0.414. The molecule has 0 radical (unpaired) electrons. The number of benzene rings is 1. The van der Waals surface area contributed by atoms with Gasteiger partial charge in [-0.3, -0.25) is 14.5 Å². The summed E-state index contributed by atoms with van der Waals surface area (Å²) < 4.78 is 0.